The molecule has 2 amide bonds. The molecule has 0 bridgehead atoms. The van der Waals surface area contributed by atoms with Crippen molar-refractivity contribution in [3.8, 4) is 5.75 Å². The van der Waals surface area contributed by atoms with Crippen LogP contribution in [-0.4, -0.2) is 51.4 Å². The number of ether oxygens (including phenoxy) is 1. The number of hydrogen-bond donors (Lipinski definition) is 1. The lowest BCUT2D eigenvalue weighted by atomic mass is 10.1. The van der Waals surface area contributed by atoms with Crippen LogP contribution in [0.25, 0.3) is 0 Å². The number of nitrogens with one attached hydrogen (secondary N) is 1. The number of hydrogen-bond acceptors (Lipinski definition) is 5. The summed E-state index contributed by atoms with van der Waals surface area (Å²) in [4.78, 5) is 27.8. The van der Waals surface area contributed by atoms with Crippen LogP contribution in [0.15, 0.2) is 77.7 Å². The van der Waals surface area contributed by atoms with E-state index in [9.17, 15) is 18.0 Å². The SMILES string of the molecule is CCNC(=O)C(C)N(Cc1ccccc1Cl)C(=O)CN(c1cccc(Cl)c1)S(=O)(=O)c1ccc(OC)cc1. The van der Waals surface area contributed by atoms with Crippen molar-refractivity contribution in [2.24, 2.45) is 0 Å². The molecule has 0 radical (unpaired) electrons. The third-order valence-electron chi connectivity index (χ3n) is 5.84. The molecule has 1 N–H and O–H groups in total. The van der Waals surface area contributed by atoms with E-state index in [0.717, 1.165) is 4.31 Å². The van der Waals surface area contributed by atoms with Gasteiger partial charge in [-0.15, -0.1) is 0 Å². The number of sulfonamides is 1. The zero-order valence-electron chi connectivity index (χ0n) is 21.2. The highest BCUT2D eigenvalue weighted by Gasteiger charge is 2.32. The molecule has 11 heteroatoms. The first-order valence-electron chi connectivity index (χ1n) is 11.8. The van der Waals surface area contributed by atoms with E-state index in [1.165, 1.54) is 42.3 Å². The van der Waals surface area contributed by atoms with Crippen molar-refractivity contribution >= 4 is 50.7 Å². The first kappa shape index (κ1) is 29.3. The molecule has 0 heterocycles. The summed E-state index contributed by atoms with van der Waals surface area (Å²) in [6, 6.07) is 18.1. The third kappa shape index (κ3) is 6.98. The number of methoxy groups -OCH3 is 1. The Kier molecular flexibility index (Phi) is 10.0. The van der Waals surface area contributed by atoms with Crippen molar-refractivity contribution in [1.29, 1.82) is 0 Å². The average molecular weight is 579 g/mol. The van der Waals surface area contributed by atoms with E-state index in [2.05, 4.69) is 5.32 Å². The molecule has 0 spiro atoms. The topological polar surface area (TPSA) is 96.0 Å². The summed E-state index contributed by atoms with van der Waals surface area (Å²) >= 11 is 12.5. The summed E-state index contributed by atoms with van der Waals surface area (Å²) in [6.45, 7) is 3.15. The molecule has 0 aromatic heterocycles. The smallest absolute Gasteiger partial charge is 0.264 e. The maximum atomic E-state index is 13.8. The van der Waals surface area contributed by atoms with E-state index in [0.29, 0.717) is 27.9 Å². The van der Waals surface area contributed by atoms with Crippen LogP contribution in [0.1, 0.15) is 19.4 Å². The van der Waals surface area contributed by atoms with Crippen LogP contribution in [0, 0.1) is 0 Å². The van der Waals surface area contributed by atoms with Gasteiger partial charge in [0.2, 0.25) is 11.8 Å². The van der Waals surface area contributed by atoms with Crippen LogP contribution >= 0.6 is 23.2 Å². The first-order chi connectivity index (χ1) is 18.1. The van der Waals surface area contributed by atoms with Gasteiger partial charge in [-0.05, 0) is 67.9 Å². The zero-order valence-corrected chi connectivity index (χ0v) is 23.6. The lowest BCUT2D eigenvalue weighted by Gasteiger charge is -2.32. The molecular formula is C27H29Cl2N3O5S. The Morgan fingerprint density at radius 1 is 1.00 bits per heavy atom. The summed E-state index contributed by atoms with van der Waals surface area (Å²) in [5.74, 6) is -0.489. The molecule has 0 aliphatic carbocycles. The van der Waals surface area contributed by atoms with Crippen LogP contribution in [0.3, 0.4) is 0 Å². The fourth-order valence-electron chi connectivity index (χ4n) is 3.75. The molecule has 1 atom stereocenters. The molecule has 3 aromatic carbocycles. The number of nitrogens with zero attached hydrogens (tertiary/aromatic N) is 2. The second-order valence-corrected chi connectivity index (χ2v) is 11.1. The van der Waals surface area contributed by atoms with Crippen molar-refractivity contribution in [1.82, 2.24) is 10.2 Å². The second-order valence-electron chi connectivity index (χ2n) is 8.35. The Balaban J connectivity index is 2.04. The van der Waals surface area contributed by atoms with Gasteiger partial charge >= 0.3 is 0 Å². The molecule has 38 heavy (non-hydrogen) atoms. The Morgan fingerprint density at radius 3 is 2.29 bits per heavy atom. The van der Waals surface area contributed by atoms with Gasteiger partial charge in [0.25, 0.3) is 10.0 Å². The van der Waals surface area contributed by atoms with Crippen LogP contribution in [0.4, 0.5) is 5.69 Å². The standard InChI is InChI=1S/C27H29Cl2N3O5S/c1-4-30-27(34)19(2)31(17-20-8-5-6-11-25(20)29)26(33)18-32(22-10-7-9-21(28)16-22)38(35,36)24-14-12-23(37-3)13-15-24/h5-16,19H,4,17-18H2,1-3H3,(H,30,34). The maximum absolute atomic E-state index is 13.8. The van der Waals surface area contributed by atoms with E-state index in [-0.39, 0.29) is 23.0 Å². The zero-order chi connectivity index (χ0) is 27.9. The highest BCUT2D eigenvalue weighted by atomic mass is 35.5. The van der Waals surface area contributed by atoms with Crippen molar-refractivity contribution < 1.29 is 22.7 Å². The number of anilines is 1. The molecule has 0 aliphatic heterocycles. The number of benzene rings is 3. The predicted octanol–water partition coefficient (Wildman–Crippen LogP) is 4.75. The van der Waals surface area contributed by atoms with Gasteiger partial charge in [0.1, 0.15) is 18.3 Å². The number of amides is 2. The summed E-state index contributed by atoms with van der Waals surface area (Å²) in [7, 11) is -2.74. The van der Waals surface area contributed by atoms with Crippen LogP contribution in [0.5, 0.6) is 5.75 Å². The Bertz CT molecular complexity index is 1380. The number of likely N-dealkylation sites (N-methyl/N-ethyl adjacent to an activating group) is 1. The van der Waals surface area contributed by atoms with Gasteiger partial charge in [0.15, 0.2) is 0 Å². The highest BCUT2D eigenvalue weighted by molar-refractivity contribution is 7.92. The van der Waals surface area contributed by atoms with Crippen LogP contribution in [-0.2, 0) is 26.2 Å². The fourth-order valence-corrected chi connectivity index (χ4v) is 5.54. The minimum absolute atomic E-state index is 0.00275. The summed E-state index contributed by atoms with van der Waals surface area (Å²) in [5, 5.41) is 3.44. The van der Waals surface area contributed by atoms with Gasteiger partial charge in [0.05, 0.1) is 17.7 Å². The van der Waals surface area contributed by atoms with Crippen LogP contribution in [0.2, 0.25) is 10.0 Å². The van der Waals surface area contributed by atoms with Crippen molar-refractivity contribution in [2.75, 3.05) is 24.5 Å². The molecule has 202 valence electrons. The quantitative estimate of drug-likeness (QED) is 0.354. The molecule has 1 unspecified atom stereocenters. The normalized spacial score (nSPS) is 11.9. The fraction of sp³-hybridized carbons (Fsp3) is 0.259. The van der Waals surface area contributed by atoms with Gasteiger partial charge in [-0.3, -0.25) is 13.9 Å². The van der Waals surface area contributed by atoms with E-state index >= 15 is 0 Å². The molecule has 0 saturated carbocycles. The summed E-state index contributed by atoms with van der Waals surface area (Å²) in [5.41, 5.74) is 0.816. The van der Waals surface area contributed by atoms with E-state index < -0.39 is 28.5 Å². The monoisotopic (exact) mass is 577 g/mol. The lowest BCUT2D eigenvalue weighted by molar-refractivity contribution is -0.139. The van der Waals surface area contributed by atoms with Gasteiger partial charge in [-0.2, -0.15) is 0 Å². The average Bonchev–Trinajstić information content (AvgIpc) is 2.90. The van der Waals surface area contributed by atoms with E-state index in [1.807, 2.05) is 0 Å². The summed E-state index contributed by atoms with van der Waals surface area (Å²) < 4.78 is 33.7. The Labute approximate surface area is 233 Å². The molecule has 8 nitrogen and oxygen atoms in total. The van der Waals surface area contributed by atoms with Crippen LogP contribution < -0.4 is 14.4 Å². The molecular weight excluding hydrogens is 549 g/mol. The number of carbonyl (C=O) groups excluding carboxylic acids is 2. The van der Waals surface area contributed by atoms with Gasteiger partial charge in [-0.1, -0.05) is 47.5 Å². The molecule has 0 aliphatic rings. The van der Waals surface area contributed by atoms with Gasteiger partial charge in [-0.25, -0.2) is 8.42 Å². The minimum Gasteiger partial charge on any atom is -0.497 e. The predicted molar refractivity (Wildman–Crippen MR) is 149 cm³/mol. The maximum Gasteiger partial charge on any atom is 0.264 e. The van der Waals surface area contributed by atoms with Crippen molar-refractivity contribution in [2.45, 2.75) is 31.3 Å². The van der Waals surface area contributed by atoms with Gasteiger partial charge in [0, 0.05) is 23.1 Å². The Morgan fingerprint density at radius 2 is 1.68 bits per heavy atom. The number of carbonyl (C=O) groups is 2. The van der Waals surface area contributed by atoms with E-state index in [1.54, 1.807) is 56.3 Å². The second kappa shape index (κ2) is 13.0. The molecule has 0 saturated heterocycles. The third-order valence-corrected chi connectivity index (χ3v) is 8.23. The highest BCUT2D eigenvalue weighted by Crippen LogP contribution is 2.28. The number of rotatable bonds is 11. The van der Waals surface area contributed by atoms with Crippen molar-refractivity contribution in [3.05, 3.63) is 88.4 Å². The van der Waals surface area contributed by atoms with E-state index in [4.69, 9.17) is 27.9 Å². The largest absolute Gasteiger partial charge is 0.497 e. The molecule has 3 rings (SSSR count). The molecule has 3 aromatic rings. The first-order valence-corrected chi connectivity index (χ1v) is 14.0. The summed E-state index contributed by atoms with van der Waals surface area (Å²) in [6.07, 6.45) is 0. The Hall–Kier alpha value is -3.27. The lowest BCUT2D eigenvalue weighted by Crippen LogP contribution is -2.51. The minimum atomic E-state index is -4.22. The van der Waals surface area contributed by atoms with Gasteiger partial charge < -0.3 is 15.0 Å². The van der Waals surface area contributed by atoms with Crippen molar-refractivity contribution in [3.63, 3.8) is 0 Å². The number of halogens is 2. The molecule has 0 fully saturated rings.